The second-order valence-corrected chi connectivity index (χ2v) is 17.3. The summed E-state index contributed by atoms with van der Waals surface area (Å²) in [6, 6.07) is 20.8. The number of carbonyl (C=O) groups excluding carboxylic acids is 2. The number of rotatable bonds is 8. The zero-order valence-electron chi connectivity index (χ0n) is 32.3. The van der Waals surface area contributed by atoms with Crippen LogP contribution in [-0.4, -0.2) is 105 Å². The molecule has 3 amide bonds. The average Bonchev–Trinajstić information content (AvgIpc) is 3.70. The fraction of sp³-hybridized carbons (Fsp3) is 0.595. The van der Waals surface area contributed by atoms with Gasteiger partial charge >= 0.3 is 12.1 Å². The number of β-amino-alcohol motifs (C(OH)–C–C–N with tert-alkyl or cyclic N) is 1. The smallest absolute Gasteiger partial charge is 0.410 e. The van der Waals surface area contributed by atoms with Crippen LogP contribution in [0.5, 0.6) is 0 Å². The molecule has 0 saturated carbocycles. The number of nitrogens with one attached hydrogen (secondary N) is 1. The van der Waals surface area contributed by atoms with Crippen LogP contribution < -0.4 is 4.57 Å². The number of amides is 3. The van der Waals surface area contributed by atoms with E-state index in [1.54, 1.807) is 4.90 Å². The molecule has 0 spiro atoms. The van der Waals surface area contributed by atoms with Crippen molar-refractivity contribution in [2.75, 3.05) is 45.8 Å². The number of aliphatic hydroxyl groups excluding tert-OH is 1. The van der Waals surface area contributed by atoms with Crippen LogP contribution in [0.25, 0.3) is 11.3 Å². The largest absolute Gasteiger partial charge is 0.444 e. The third-order valence-electron chi connectivity index (χ3n) is 10.9. The lowest BCUT2D eigenvalue weighted by Gasteiger charge is -2.44. The minimum absolute atomic E-state index is 0.0120. The predicted molar refractivity (Wildman–Crippen MR) is 204 cm³/mol. The number of likely N-dealkylation sites (tertiary alicyclic amines) is 3. The van der Waals surface area contributed by atoms with Crippen LogP contribution >= 0.6 is 0 Å². The number of carbonyl (C=O) groups is 2. The Kier molecular flexibility index (Phi) is 11.7. The second-order valence-electron chi connectivity index (χ2n) is 17.3. The van der Waals surface area contributed by atoms with E-state index < -0.39 is 23.2 Å². The van der Waals surface area contributed by atoms with Gasteiger partial charge in [0.2, 0.25) is 0 Å². The summed E-state index contributed by atoms with van der Waals surface area (Å²) in [6.45, 7) is 17.3. The highest BCUT2D eigenvalue weighted by molar-refractivity contribution is 5.75. The Balaban J connectivity index is 1.36. The summed E-state index contributed by atoms with van der Waals surface area (Å²) < 4.78 is 7.95. The maximum atomic E-state index is 15.1. The van der Waals surface area contributed by atoms with Crippen molar-refractivity contribution in [3.8, 4) is 11.3 Å². The molecule has 6 rings (SSSR count). The lowest BCUT2D eigenvalue weighted by molar-refractivity contribution is -0.697. The molecule has 2 aromatic carbocycles. The van der Waals surface area contributed by atoms with Crippen LogP contribution in [0.3, 0.4) is 0 Å². The molecule has 0 bridgehead atoms. The van der Waals surface area contributed by atoms with Gasteiger partial charge in [-0.05, 0) is 70.5 Å². The Labute approximate surface area is 310 Å². The van der Waals surface area contributed by atoms with Crippen LogP contribution in [0, 0.1) is 11.3 Å². The molecule has 10 heteroatoms. The number of urea groups is 1. The van der Waals surface area contributed by atoms with Gasteiger partial charge in [-0.3, -0.25) is 0 Å². The van der Waals surface area contributed by atoms with Gasteiger partial charge in [0.15, 0.2) is 5.69 Å². The number of H-pyrrole nitrogens is 1. The molecule has 3 saturated heterocycles. The van der Waals surface area contributed by atoms with Crippen molar-refractivity contribution < 1.29 is 24.0 Å². The Hall–Kier alpha value is -3.89. The molecule has 3 fully saturated rings. The molecule has 0 radical (unpaired) electrons. The number of hydrogen-bond acceptors (Lipinski definition) is 5. The van der Waals surface area contributed by atoms with Crippen LogP contribution in [0.2, 0.25) is 0 Å². The molecule has 3 aliphatic rings. The van der Waals surface area contributed by atoms with Gasteiger partial charge < -0.3 is 29.4 Å². The lowest BCUT2D eigenvalue weighted by Crippen LogP contribution is -2.56. The third-order valence-corrected chi connectivity index (χ3v) is 10.9. The summed E-state index contributed by atoms with van der Waals surface area (Å²) in [5.41, 5.74) is 2.17. The van der Waals surface area contributed by atoms with E-state index in [4.69, 9.17) is 4.74 Å². The summed E-state index contributed by atoms with van der Waals surface area (Å²) >= 11 is 0. The quantitative estimate of drug-likeness (QED) is 0.253. The Morgan fingerprint density at radius 3 is 2.13 bits per heavy atom. The van der Waals surface area contributed by atoms with Gasteiger partial charge in [0.25, 0.3) is 5.82 Å². The van der Waals surface area contributed by atoms with Crippen molar-refractivity contribution in [2.45, 2.75) is 104 Å². The normalized spacial score (nSPS) is 21.3. The Morgan fingerprint density at radius 1 is 0.885 bits per heavy atom. The van der Waals surface area contributed by atoms with E-state index in [0.29, 0.717) is 38.8 Å². The zero-order chi connectivity index (χ0) is 37.0. The molecule has 0 unspecified atom stereocenters. The summed E-state index contributed by atoms with van der Waals surface area (Å²) in [5.74, 6) is 0.599. The molecule has 2 N–H and O–H groups in total. The summed E-state index contributed by atoms with van der Waals surface area (Å²) in [5, 5.41) is 11.5. The fourth-order valence-electron chi connectivity index (χ4n) is 8.34. The molecule has 52 heavy (non-hydrogen) atoms. The summed E-state index contributed by atoms with van der Waals surface area (Å²) in [6.07, 6.45) is 6.70. The van der Waals surface area contributed by atoms with Crippen molar-refractivity contribution >= 4 is 12.1 Å². The van der Waals surface area contributed by atoms with E-state index in [9.17, 15) is 9.90 Å². The van der Waals surface area contributed by atoms with E-state index >= 15 is 4.79 Å². The maximum Gasteiger partial charge on any atom is 0.410 e. The van der Waals surface area contributed by atoms with Crippen LogP contribution in [0.4, 0.5) is 9.59 Å². The van der Waals surface area contributed by atoms with Gasteiger partial charge in [-0.1, -0.05) is 87.9 Å². The van der Waals surface area contributed by atoms with Gasteiger partial charge in [0.1, 0.15) is 24.4 Å². The van der Waals surface area contributed by atoms with E-state index in [0.717, 1.165) is 48.6 Å². The lowest BCUT2D eigenvalue weighted by atomic mass is 9.84. The van der Waals surface area contributed by atoms with Crippen molar-refractivity contribution in [3.05, 3.63) is 78.2 Å². The monoisotopic (exact) mass is 713 g/mol. The molecule has 3 atom stereocenters. The summed E-state index contributed by atoms with van der Waals surface area (Å²) in [4.78, 5) is 40.3. The number of aromatic nitrogens is 2. The molecule has 3 aromatic rings. The first-order chi connectivity index (χ1) is 24.8. The molecule has 0 aliphatic carbocycles. The van der Waals surface area contributed by atoms with E-state index in [1.807, 2.05) is 54.8 Å². The predicted octanol–water partition coefficient (Wildman–Crippen LogP) is 6.70. The molecule has 4 heterocycles. The van der Waals surface area contributed by atoms with Crippen LogP contribution in [-0.2, 0) is 11.3 Å². The number of ether oxygens (including phenoxy) is 1. The molecule has 3 aliphatic heterocycles. The van der Waals surface area contributed by atoms with Crippen molar-refractivity contribution in [1.82, 2.24) is 24.6 Å². The number of aromatic amines is 1. The average molecular weight is 714 g/mol. The highest BCUT2D eigenvalue weighted by Crippen LogP contribution is 2.39. The third kappa shape index (κ3) is 9.18. The molecule has 1 aromatic heterocycles. The first kappa shape index (κ1) is 37.9. The van der Waals surface area contributed by atoms with Crippen molar-refractivity contribution in [1.29, 1.82) is 0 Å². The second kappa shape index (κ2) is 16.0. The SMILES string of the molecule is CC(C)(C)OC(=O)N1C[C@H](CN(C(=O)N2CCC(N3CCCCC3)CC2)[C@@H](c2[nH]c(-c3ccccc3)c[n+]2Cc2ccccc2)C(C)(C)C)[C@@H](O)C1. The highest BCUT2D eigenvalue weighted by atomic mass is 16.6. The highest BCUT2D eigenvalue weighted by Gasteiger charge is 2.47. The van der Waals surface area contributed by atoms with E-state index in [-0.39, 0.29) is 24.5 Å². The standard InChI is InChI=1S/C42H60N6O4/c1-41(2,3)37(38-43-35(32-18-12-8-13-19-32)29-46(38)26-31-16-10-7-11-17-31)48(28-33-27-47(30-36(33)49)40(51)52-42(4,5)6)39(50)45-24-20-34(21-25-45)44-22-14-9-15-23-44/h7-8,10-13,16-19,29,33-34,36-37,49H,9,14-15,20-28,30H2,1-6H3/p+1/t33-,36+,37+/m1/s1. The van der Waals surface area contributed by atoms with E-state index in [2.05, 4.69) is 77.8 Å². The summed E-state index contributed by atoms with van der Waals surface area (Å²) in [7, 11) is 0. The van der Waals surface area contributed by atoms with Gasteiger partial charge in [-0.15, -0.1) is 0 Å². The molecule has 10 nitrogen and oxygen atoms in total. The first-order valence-corrected chi connectivity index (χ1v) is 19.4. The van der Waals surface area contributed by atoms with Gasteiger partial charge in [-0.25, -0.2) is 19.1 Å². The minimum Gasteiger partial charge on any atom is -0.444 e. The number of aliphatic hydroxyl groups is 1. The van der Waals surface area contributed by atoms with Crippen LogP contribution in [0.1, 0.15) is 91.1 Å². The minimum atomic E-state index is -0.784. The van der Waals surface area contributed by atoms with Gasteiger partial charge in [0, 0.05) is 43.7 Å². The fourth-order valence-corrected chi connectivity index (χ4v) is 8.34. The van der Waals surface area contributed by atoms with Crippen LogP contribution in [0.15, 0.2) is 66.9 Å². The number of hydrogen-bond donors (Lipinski definition) is 2. The van der Waals surface area contributed by atoms with Gasteiger partial charge in [0.05, 0.1) is 12.6 Å². The van der Waals surface area contributed by atoms with Crippen molar-refractivity contribution in [2.24, 2.45) is 11.3 Å². The zero-order valence-corrected chi connectivity index (χ0v) is 32.3. The molecule has 282 valence electrons. The van der Waals surface area contributed by atoms with E-state index in [1.165, 1.54) is 19.3 Å². The molecular weight excluding hydrogens is 653 g/mol. The molecular formula is C42H61N6O4+. The van der Waals surface area contributed by atoms with Crippen molar-refractivity contribution in [3.63, 3.8) is 0 Å². The Morgan fingerprint density at radius 2 is 1.52 bits per heavy atom. The number of benzene rings is 2. The maximum absolute atomic E-state index is 15.1. The Bertz CT molecular complexity index is 1620. The van der Waals surface area contributed by atoms with Gasteiger partial charge in [-0.2, -0.15) is 0 Å². The topological polar surface area (TPSA) is 96.2 Å². The number of nitrogens with zero attached hydrogens (tertiary/aromatic N) is 5. The number of imidazole rings is 1. The number of piperidine rings is 2. The first-order valence-electron chi connectivity index (χ1n) is 19.4.